The fraction of sp³-hybridized carbons (Fsp3) is 0. The maximum atomic E-state index is 8.89. The van der Waals surface area contributed by atoms with E-state index in [4.69, 9.17) is 13.3 Å². The van der Waals surface area contributed by atoms with Crippen molar-refractivity contribution in [1.29, 1.82) is 0 Å². The molecule has 0 rings (SSSR count). The zero-order valence-electron chi connectivity index (χ0n) is 4.45. The molecule has 8 heteroatoms. The minimum absolute atomic E-state index is 0. The molecule has 8 heavy (non-hydrogen) atoms. The van der Waals surface area contributed by atoms with Crippen LogP contribution in [0.4, 0.5) is 0 Å². The van der Waals surface area contributed by atoms with Crippen LogP contribution in [0.3, 0.4) is 0 Å². The van der Waals surface area contributed by atoms with Gasteiger partial charge in [0.15, 0.2) is 0 Å². The van der Waals surface area contributed by atoms with E-state index in [-0.39, 0.29) is 76.2 Å². The first-order valence-electron chi connectivity index (χ1n) is 0.667. The molecule has 0 N–H and O–H groups in total. The van der Waals surface area contributed by atoms with Gasteiger partial charge in [-0.2, -0.15) is 0 Å². The van der Waals surface area contributed by atoms with Crippen LogP contribution in [0.25, 0.3) is 0 Å². The SMILES string of the molecule is O=S([O-])([O-])=S.[Na+].[Na+].[Se]. The smallest absolute Gasteiger partial charge is 0.780 e. The topological polar surface area (TPSA) is 63.2 Å². The van der Waals surface area contributed by atoms with Crippen LogP contribution < -0.4 is 59.1 Å². The van der Waals surface area contributed by atoms with Crippen molar-refractivity contribution in [3.63, 3.8) is 0 Å². The normalized spacial score (nSPS) is 7.25. The largest absolute Gasteiger partial charge is 1.00 e. The summed E-state index contributed by atoms with van der Waals surface area (Å²) >= 11 is 3.24. The van der Waals surface area contributed by atoms with Crippen LogP contribution in [0.1, 0.15) is 0 Å². The number of rotatable bonds is 0. The van der Waals surface area contributed by atoms with Crippen molar-refractivity contribution < 1.29 is 72.4 Å². The first kappa shape index (κ1) is 22.4. The molecule has 3 nitrogen and oxygen atoms in total. The van der Waals surface area contributed by atoms with Gasteiger partial charge in [-0.25, -0.2) is 0 Å². The van der Waals surface area contributed by atoms with E-state index < -0.39 is 9.05 Å². The molecule has 0 aromatic heterocycles. The van der Waals surface area contributed by atoms with Crippen LogP contribution in [0.2, 0.25) is 0 Å². The molecule has 0 spiro atoms. The zero-order valence-corrected chi connectivity index (χ0v) is 11.8. The van der Waals surface area contributed by atoms with Crippen molar-refractivity contribution in [2.45, 2.75) is 0 Å². The molecule has 0 saturated heterocycles. The molecular weight excluding hydrogens is 237 g/mol. The molecule has 0 atom stereocenters. The molecule has 0 aliphatic rings. The van der Waals surface area contributed by atoms with Gasteiger partial charge >= 0.3 is 59.1 Å². The van der Waals surface area contributed by atoms with Gasteiger partial charge in [-0.1, -0.05) is 0 Å². The van der Waals surface area contributed by atoms with Crippen LogP contribution in [0, 0.1) is 0 Å². The predicted octanol–water partition coefficient (Wildman–Crippen LogP) is -7.38. The summed E-state index contributed by atoms with van der Waals surface area (Å²) in [6.07, 6.45) is 0. The van der Waals surface area contributed by atoms with Crippen molar-refractivity contribution in [3.05, 3.63) is 0 Å². The van der Waals surface area contributed by atoms with Gasteiger partial charge in [-0.15, -0.1) is 9.05 Å². The summed E-state index contributed by atoms with van der Waals surface area (Å²) < 4.78 is 26.7. The number of hydrogen-bond acceptors (Lipinski definition) is 4. The van der Waals surface area contributed by atoms with E-state index in [1.165, 1.54) is 0 Å². The quantitative estimate of drug-likeness (QED) is 0.393. The Morgan fingerprint density at radius 1 is 1.25 bits per heavy atom. The Morgan fingerprint density at radius 2 is 1.25 bits per heavy atom. The Morgan fingerprint density at radius 3 is 1.25 bits per heavy atom. The Kier molecular flexibility index (Phi) is 27.5. The fourth-order valence-corrected chi connectivity index (χ4v) is 0. The summed E-state index contributed by atoms with van der Waals surface area (Å²) in [5.41, 5.74) is 0. The third kappa shape index (κ3) is 68.1. The van der Waals surface area contributed by atoms with Crippen molar-refractivity contribution in [2.75, 3.05) is 0 Å². The maximum Gasteiger partial charge on any atom is 1.00 e. The van der Waals surface area contributed by atoms with E-state index in [0.29, 0.717) is 0 Å². The van der Waals surface area contributed by atoms with Gasteiger partial charge < -0.3 is 9.11 Å². The molecule has 38 valence electrons. The van der Waals surface area contributed by atoms with Crippen LogP contribution >= 0.6 is 0 Å². The Labute approximate surface area is 108 Å². The molecule has 0 bridgehead atoms. The third-order valence-corrected chi connectivity index (χ3v) is 0. The van der Waals surface area contributed by atoms with Gasteiger partial charge in [0.25, 0.3) is 0 Å². The Balaban J connectivity index is -0.0000000267. The van der Waals surface area contributed by atoms with Crippen LogP contribution in [-0.2, 0) is 20.2 Å². The van der Waals surface area contributed by atoms with Gasteiger partial charge in [-0.05, 0) is 11.2 Å². The predicted molar refractivity (Wildman–Crippen MR) is 22.8 cm³/mol. The molecule has 0 aliphatic carbocycles. The van der Waals surface area contributed by atoms with E-state index in [9.17, 15) is 0 Å². The van der Waals surface area contributed by atoms with Gasteiger partial charge in [-0.3, -0.25) is 4.21 Å². The Hall–Kier alpha value is 2.81. The number of hydrogen-bond donors (Lipinski definition) is 0. The average molecular weight is 237 g/mol. The molecule has 0 fully saturated rings. The second-order valence-electron chi connectivity index (χ2n) is 0.408. The Bertz CT molecular complexity index is 98.5. The molecule has 2 radical (unpaired) electrons. The van der Waals surface area contributed by atoms with Gasteiger partial charge in [0, 0.05) is 17.1 Å². The van der Waals surface area contributed by atoms with Crippen molar-refractivity contribution in [2.24, 2.45) is 0 Å². The summed E-state index contributed by atoms with van der Waals surface area (Å²) in [4.78, 5) is 0. The second kappa shape index (κ2) is 9.81. The molecular formula is Na2O3S2Se. The molecule has 0 aromatic rings. The second-order valence-corrected chi connectivity index (χ2v) is 2.45. The molecule has 0 aromatic carbocycles. The van der Waals surface area contributed by atoms with Crippen molar-refractivity contribution in [1.82, 2.24) is 0 Å². The van der Waals surface area contributed by atoms with Crippen molar-refractivity contribution in [3.8, 4) is 0 Å². The molecule has 0 saturated carbocycles. The van der Waals surface area contributed by atoms with Gasteiger partial charge in [0.2, 0.25) is 0 Å². The summed E-state index contributed by atoms with van der Waals surface area (Å²) in [6, 6.07) is 0. The molecule has 0 amide bonds. The van der Waals surface area contributed by atoms with Crippen LogP contribution in [0.5, 0.6) is 0 Å². The first-order chi connectivity index (χ1) is 2.00. The van der Waals surface area contributed by atoms with E-state index in [0.717, 1.165) is 0 Å². The minimum Gasteiger partial charge on any atom is -0.780 e. The van der Waals surface area contributed by atoms with Gasteiger partial charge in [0.05, 0.1) is 0 Å². The molecule has 0 unspecified atom stereocenters. The summed E-state index contributed by atoms with van der Waals surface area (Å²) in [7, 11) is -4.33. The maximum absolute atomic E-state index is 8.89. The van der Waals surface area contributed by atoms with Crippen LogP contribution in [0.15, 0.2) is 0 Å². The summed E-state index contributed by atoms with van der Waals surface area (Å²) in [5, 5.41) is 0. The summed E-state index contributed by atoms with van der Waals surface area (Å²) in [6.45, 7) is 0. The van der Waals surface area contributed by atoms with E-state index in [2.05, 4.69) is 11.2 Å². The van der Waals surface area contributed by atoms with E-state index in [1.807, 2.05) is 0 Å². The standard InChI is InChI=1S/2Na.H2O3S2.Se/c;;1-5(2,3)4;/h;;(H2,1,2,3,4);/q2*+1;;/p-2. The monoisotopic (exact) mass is 238 g/mol. The third-order valence-electron chi connectivity index (χ3n) is 0. The van der Waals surface area contributed by atoms with Crippen molar-refractivity contribution >= 4 is 37.3 Å². The zero-order chi connectivity index (χ0) is 4.50. The van der Waals surface area contributed by atoms with E-state index in [1.54, 1.807) is 0 Å². The first-order valence-corrected chi connectivity index (χ1v) is 3.00. The van der Waals surface area contributed by atoms with E-state index >= 15 is 0 Å². The summed E-state index contributed by atoms with van der Waals surface area (Å²) in [5.74, 6) is 0. The molecule has 0 heterocycles. The minimum atomic E-state index is -4.33. The van der Waals surface area contributed by atoms with Crippen LogP contribution in [-0.4, -0.2) is 30.4 Å². The average Bonchev–Trinajstić information content (AvgIpc) is 0.722. The van der Waals surface area contributed by atoms with Gasteiger partial charge in [0.1, 0.15) is 0 Å². The molecule has 0 aliphatic heterocycles. The fourth-order valence-electron chi connectivity index (χ4n) is 0.